The highest BCUT2D eigenvalue weighted by atomic mass is 16.6. The van der Waals surface area contributed by atoms with Crippen molar-refractivity contribution in [3.63, 3.8) is 0 Å². The molecule has 6 nitrogen and oxygen atoms in total. The SMILES string of the molecule is CC1CCCN(C(N)=NCC2CCN(C(=O)OC(C)(C)C)C2)C1. The highest BCUT2D eigenvalue weighted by molar-refractivity contribution is 5.78. The van der Waals surface area contributed by atoms with Crippen LogP contribution in [0.25, 0.3) is 0 Å². The van der Waals surface area contributed by atoms with Crippen LogP contribution in [0.4, 0.5) is 4.79 Å². The normalized spacial score (nSPS) is 26.5. The molecule has 0 aromatic heterocycles. The number of aliphatic imine (C=N–C) groups is 1. The molecular weight excluding hydrogens is 292 g/mol. The van der Waals surface area contributed by atoms with Crippen molar-refractivity contribution in [1.82, 2.24) is 9.80 Å². The minimum Gasteiger partial charge on any atom is -0.444 e. The van der Waals surface area contributed by atoms with Crippen molar-refractivity contribution in [2.24, 2.45) is 22.6 Å². The van der Waals surface area contributed by atoms with Crippen LogP contribution in [0.3, 0.4) is 0 Å². The van der Waals surface area contributed by atoms with Crippen molar-refractivity contribution in [3.05, 3.63) is 0 Å². The zero-order chi connectivity index (χ0) is 17.0. The van der Waals surface area contributed by atoms with Gasteiger partial charge < -0.3 is 20.3 Å². The van der Waals surface area contributed by atoms with Gasteiger partial charge in [-0.2, -0.15) is 0 Å². The second-order valence-electron chi connectivity index (χ2n) is 7.97. The van der Waals surface area contributed by atoms with Crippen LogP contribution in [0.2, 0.25) is 0 Å². The second-order valence-corrected chi connectivity index (χ2v) is 7.97. The molecule has 0 aliphatic carbocycles. The number of hydrogen-bond acceptors (Lipinski definition) is 3. The fraction of sp³-hybridized carbons (Fsp3) is 0.882. The van der Waals surface area contributed by atoms with Gasteiger partial charge in [-0.05, 0) is 51.9 Å². The van der Waals surface area contributed by atoms with E-state index in [9.17, 15) is 4.79 Å². The molecule has 2 atom stereocenters. The van der Waals surface area contributed by atoms with Gasteiger partial charge in [0, 0.05) is 32.7 Å². The standard InChI is InChI=1S/C17H32N4O2/c1-13-6-5-8-20(11-13)15(18)19-10-14-7-9-21(12-14)16(22)23-17(2,3)4/h13-14H,5-12H2,1-4H3,(H2,18,19). The van der Waals surface area contributed by atoms with Gasteiger partial charge >= 0.3 is 6.09 Å². The van der Waals surface area contributed by atoms with Crippen LogP contribution in [0.15, 0.2) is 4.99 Å². The molecule has 2 N–H and O–H groups in total. The molecule has 0 saturated carbocycles. The van der Waals surface area contributed by atoms with E-state index in [1.807, 2.05) is 20.8 Å². The van der Waals surface area contributed by atoms with Gasteiger partial charge in [0.05, 0.1) is 0 Å². The monoisotopic (exact) mass is 324 g/mol. The third-order valence-corrected chi connectivity index (χ3v) is 4.43. The largest absolute Gasteiger partial charge is 0.444 e. The van der Waals surface area contributed by atoms with Gasteiger partial charge in [0.2, 0.25) is 0 Å². The Labute approximate surface area is 140 Å². The lowest BCUT2D eigenvalue weighted by Gasteiger charge is -2.31. The number of hydrogen-bond donors (Lipinski definition) is 1. The molecular formula is C17H32N4O2. The summed E-state index contributed by atoms with van der Waals surface area (Å²) in [4.78, 5) is 20.6. The van der Waals surface area contributed by atoms with E-state index in [0.717, 1.165) is 26.1 Å². The Morgan fingerprint density at radius 2 is 1.96 bits per heavy atom. The van der Waals surface area contributed by atoms with Crippen LogP contribution in [-0.4, -0.2) is 60.2 Å². The number of likely N-dealkylation sites (tertiary alicyclic amines) is 2. The van der Waals surface area contributed by atoms with E-state index in [1.165, 1.54) is 12.8 Å². The van der Waals surface area contributed by atoms with Crippen molar-refractivity contribution in [2.45, 2.75) is 52.6 Å². The quantitative estimate of drug-likeness (QED) is 0.625. The molecule has 2 fully saturated rings. The van der Waals surface area contributed by atoms with E-state index in [2.05, 4.69) is 16.8 Å². The molecule has 23 heavy (non-hydrogen) atoms. The Bertz CT molecular complexity index is 444. The van der Waals surface area contributed by atoms with E-state index in [-0.39, 0.29) is 6.09 Å². The fourth-order valence-electron chi connectivity index (χ4n) is 3.19. The highest BCUT2D eigenvalue weighted by Gasteiger charge is 2.29. The number of guanidine groups is 1. The van der Waals surface area contributed by atoms with Gasteiger partial charge in [-0.3, -0.25) is 4.99 Å². The van der Waals surface area contributed by atoms with Crippen LogP contribution in [0.5, 0.6) is 0 Å². The molecule has 132 valence electrons. The van der Waals surface area contributed by atoms with Gasteiger partial charge in [0.1, 0.15) is 5.60 Å². The summed E-state index contributed by atoms with van der Waals surface area (Å²) < 4.78 is 5.42. The summed E-state index contributed by atoms with van der Waals surface area (Å²) in [6, 6.07) is 0. The third-order valence-electron chi connectivity index (χ3n) is 4.43. The van der Waals surface area contributed by atoms with Gasteiger partial charge in [0.25, 0.3) is 0 Å². The zero-order valence-electron chi connectivity index (χ0n) is 15.0. The first-order valence-electron chi connectivity index (χ1n) is 8.77. The summed E-state index contributed by atoms with van der Waals surface area (Å²) in [6.45, 7) is 12.1. The molecule has 6 heteroatoms. The maximum absolute atomic E-state index is 12.1. The first-order valence-corrected chi connectivity index (χ1v) is 8.77. The Kier molecular flexibility index (Phi) is 5.76. The molecule has 2 saturated heterocycles. The zero-order valence-corrected chi connectivity index (χ0v) is 15.0. The lowest BCUT2D eigenvalue weighted by Crippen LogP contribution is -2.43. The van der Waals surface area contributed by atoms with Gasteiger partial charge in [-0.15, -0.1) is 0 Å². The molecule has 2 rings (SSSR count). The average Bonchev–Trinajstić information content (AvgIpc) is 2.92. The lowest BCUT2D eigenvalue weighted by molar-refractivity contribution is 0.0289. The van der Waals surface area contributed by atoms with Crippen molar-refractivity contribution in [2.75, 3.05) is 32.7 Å². The summed E-state index contributed by atoms with van der Waals surface area (Å²) in [5, 5.41) is 0. The lowest BCUT2D eigenvalue weighted by atomic mass is 10.0. The number of rotatable bonds is 2. The Morgan fingerprint density at radius 1 is 1.22 bits per heavy atom. The number of carbonyl (C=O) groups is 1. The van der Waals surface area contributed by atoms with Gasteiger partial charge in [-0.25, -0.2) is 4.79 Å². The molecule has 0 aromatic rings. The molecule has 0 radical (unpaired) electrons. The maximum Gasteiger partial charge on any atom is 0.410 e. The summed E-state index contributed by atoms with van der Waals surface area (Å²) in [5.41, 5.74) is 5.70. The first-order chi connectivity index (χ1) is 10.7. The molecule has 2 aliphatic rings. The number of carbonyl (C=O) groups excluding carboxylic acids is 1. The third kappa shape index (κ3) is 5.59. The molecule has 2 aliphatic heterocycles. The molecule has 0 bridgehead atoms. The number of ether oxygens (including phenoxy) is 1. The number of amides is 1. The van der Waals surface area contributed by atoms with Crippen LogP contribution in [0.1, 0.15) is 47.0 Å². The molecule has 1 amide bonds. The van der Waals surface area contributed by atoms with E-state index >= 15 is 0 Å². The summed E-state index contributed by atoms with van der Waals surface area (Å²) in [5.74, 6) is 1.72. The van der Waals surface area contributed by atoms with Crippen molar-refractivity contribution >= 4 is 12.1 Å². The van der Waals surface area contributed by atoms with E-state index in [0.29, 0.717) is 30.9 Å². The molecule has 0 spiro atoms. The van der Waals surface area contributed by atoms with Crippen LogP contribution in [-0.2, 0) is 4.74 Å². The van der Waals surface area contributed by atoms with Crippen LogP contribution >= 0.6 is 0 Å². The minimum atomic E-state index is -0.442. The molecule has 2 heterocycles. The summed E-state index contributed by atoms with van der Waals surface area (Å²) >= 11 is 0. The average molecular weight is 324 g/mol. The highest BCUT2D eigenvalue weighted by Crippen LogP contribution is 2.20. The molecule has 0 aromatic carbocycles. The Hall–Kier alpha value is -1.46. The predicted octanol–water partition coefficient (Wildman–Crippen LogP) is 2.29. The van der Waals surface area contributed by atoms with E-state index in [4.69, 9.17) is 10.5 Å². The van der Waals surface area contributed by atoms with Crippen molar-refractivity contribution in [3.8, 4) is 0 Å². The number of nitrogens with zero attached hydrogens (tertiary/aromatic N) is 3. The Balaban J connectivity index is 1.79. The van der Waals surface area contributed by atoms with Crippen LogP contribution in [0, 0.1) is 11.8 Å². The fourth-order valence-corrected chi connectivity index (χ4v) is 3.19. The molecule has 2 unspecified atom stereocenters. The van der Waals surface area contributed by atoms with E-state index in [1.54, 1.807) is 4.90 Å². The predicted molar refractivity (Wildman–Crippen MR) is 92.4 cm³/mol. The minimum absolute atomic E-state index is 0.221. The summed E-state index contributed by atoms with van der Waals surface area (Å²) in [7, 11) is 0. The van der Waals surface area contributed by atoms with Crippen LogP contribution < -0.4 is 5.73 Å². The number of nitrogens with two attached hydrogens (primary N) is 1. The maximum atomic E-state index is 12.1. The Morgan fingerprint density at radius 3 is 2.61 bits per heavy atom. The van der Waals surface area contributed by atoms with Crippen molar-refractivity contribution < 1.29 is 9.53 Å². The smallest absolute Gasteiger partial charge is 0.410 e. The van der Waals surface area contributed by atoms with E-state index < -0.39 is 5.60 Å². The van der Waals surface area contributed by atoms with Gasteiger partial charge in [0.15, 0.2) is 5.96 Å². The second kappa shape index (κ2) is 7.41. The number of piperidine rings is 1. The van der Waals surface area contributed by atoms with Crippen molar-refractivity contribution in [1.29, 1.82) is 0 Å². The topological polar surface area (TPSA) is 71.2 Å². The summed E-state index contributed by atoms with van der Waals surface area (Å²) in [6.07, 6.45) is 3.21. The first kappa shape index (κ1) is 17.9. The van der Waals surface area contributed by atoms with Gasteiger partial charge in [-0.1, -0.05) is 6.92 Å².